The SMILES string of the molecule is CC(=O)NC(CC(=S)N=C1SCC(=O)N1c1ccc(C)cc1C(C)C)c1ccc(-c2ncn(-c3ccc(C(F)(F)F)cc3)n2)cc1. The summed E-state index contributed by atoms with van der Waals surface area (Å²) >= 11 is 7.00. The molecular formula is C33H31F3N6O2S2. The number of nitrogens with zero attached hydrogens (tertiary/aromatic N) is 5. The van der Waals surface area contributed by atoms with Gasteiger partial charge in [-0.3, -0.25) is 14.5 Å². The summed E-state index contributed by atoms with van der Waals surface area (Å²) in [5, 5.41) is 7.85. The fourth-order valence-electron chi connectivity index (χ4n) is 5.03. The predicted octanol–water partition coefficient (Wildman–Crippen LogP) is 7.42. The highest BCUT2D eigenvalue weighted by Crippen LogP contribution is 2.35. The quantitative estimate of drug-likeness (QED) is 0.197. The highest BCUT2D eigenvalue weighted by Gasteiger charge is 2.32. The molecule has 46 heavy (non-hydrogen) atoms. The van der Waals surface area contributed by atoms with Crippen molar-refractivity contribution in [1.82, 2.24) is 20.1 Å². The second kappa shape index (κ2) is 13.6. The van der Waals surface area contributed by atoms with Crippen LogP contribution in [0.15, 0.2) is 78.0 Å². The molecule has 1 fully saturated rings. The highest BCUT2D eigenvalue weighted by molar-refractivity contribution is 8.15. The fraction of sp³-hybridized carbons (Fsp3) is 0.273. The van der Waals surface area contributed by atoms with E-state index in [4.69, 9.17) is 12.2 Å². The largest absolute Gasteiger partial charge is 0.416 e. The predicted molar refractivity (Wildman–Crippen MR) is 178 cm³/mol. The van der Waals surface area contributed by atoms with Crippen LogP contribution in [0.2, 0.25) is 0 Å². The Hall–Kier alpha value is -4.36. The molecule has 1 saturated heterocycles. The van der Waals surface area contributed by atoms with Gasteiger partial charge in [0.1, 0.15) is 11.3 Å². The van der Waals surface area contributed by atoms with Crippen molar-refractivity contribution in [2.24, 2.45) is 4.99 Å². The number of thioether (sulfide) groups is 1. The third-order valence-corrected chi connectivity index (χ3v) is 8.49. The molecule has 1 aliphatic rings. The molecular weight excluding hydrogens is 634 g/mol. The van der Waals surface area contributed by atoms with Gasteiger partial charge in [-0.05, 0) is 54.3 Å². The van der Waals surface area contributed by atoms with Crippen LogP contribution in [0.4, 0.5) is 18.9 Å². The summed E-state index contributed by atoms with van der Waals surface area (Å²) in [7, 11) is 0. The Balaban J connectivity index is 1.33. The van der Waals surface area contributed by atoms with E-state index in [1.165, 1.54) is 41.8 Å². The normalized spacial score (nSPS) is 15.1. The zero-order valence-electron chi connectivity index (χ0n) is 25.5. The number of aromatic nitrogens is 3. The summed E-state index contributed by atoms with van der Waals surface area (Å²) in [5.41, 5.74) is 4.09. The molecule has 0 saturated carbocycles. The Kier molecular flexibility index (Phi) is 9.73. The average Bonchev–Trinajstić information content (AvgIpc) is 3.63. The number of anilines is 1. The minimum atomic E-state index is -4.42. The molecule has 13 heteroatoms. The molecule has 238 valence electrons. The van der Waals surface area contributed by atoms with Crippen LogP contribution in [0.1, 0.15) is 61.4 Å². The van der Waals surface area contributed by atoms with Crippen LogP contribution in [-0.4, -0.2) is 42.5 Å². The first-order chi connectivity index (χ1) is 21.8. The number of benzene rings is 3. The van der Waals surface area contributed by atoms with Crippen molar-refractivity contribution in [1.29, 1.82) is 0 Å². The van der Waals surface area contributed by atoms with Crippen LogP contribution in [0, 0.1) is 6.92 Å². The molecule has 1 N–H and O–H groups in total. The van der Waals surface area contributed by atoms with E-state index >= 15 is 0 Å². The Morgan fingerprint density at radius 3 is 2.41 bits per heavy atom. The number of aliphatic imine (C=N–C) groups is 1. The topological polar surface area (TPSA) is 92.5 Å². The van der Waals surface area contributed by atoms with E-state index in [1.54, 1.807) is 17.0 Å². The van der Waals surface area contributed by atoms with Crippen molar-refractivity contribution in [3.05, 3.63) is 95.3 Å². The standard InChI is InChI=1S/C33H31F3N6O2S2/c1-19(2)26-15-20(3)5-14-28(26)42-30(44)17-46-32(42)39-29(45)16-27(38-21(4)43)22-6-8-23(9-7-22)31-37-18-41(40-31)25-12-10-24(11-13-25)33(34,35)36/h5-15,18-19,27H,16-17H2,1-4H3,(H,38,43). The van der Waals surface area contributed by atoms with Gasteiger partial charge in [0.25, 0.3) is 0 Å². The van der Waals surface area contributed by atoms with Gasteiger partial charge in [0, 0.05) is 18.9 Å². The van der Waals surface area contributed by atoms with Gasteiger partial charge < -0.3 is 5.32 Å². The van der Waals surface area contributed by atoms with E-state index in [2.05, 4.69) is 40.3 Å². The number of carbonyl (C=O) groups is 2. The van der Waals surface area contributed by atoms with Crippen molar-refractivity contribution in [3.63, 3.8) is 0 Å². The Bertz CT molecular complexity index is 1800. The Morgan fingerprint density at radius 1 is 1.09 bits per heavy atom. The molecule has 2 amide bonds. The van der Waals surface area contributed by atoms with Crippen LogP contribution >= 0.6 is 24.0 Å². The lowest BCUT2D eigenvalue weighted by atomic mass is 9.98. The summed E-state index contributed by atoms with van der Waals surface area (Å²) in [6, 6.07) is 17.4. The maximum atomic E-state index is 13.0. The van der Waals surface area contributed by atoms with Gasteiger partial charge in [-0.2, -0.15) is 13.2 Å². The number of carbonyl (C=O) groups excluding carboxylic acids is 2. The lowest BCUT2D eigenvalue weighted by Crippen LogP contribution is -2.31. The van der Waals surface area contributed by atoms with Gasteiger partial charge in [-0.25, -0.2) is 14.7 Å². The first kappa shape index (κ1) is 33.0. The van der Waals surface area contributed by atoms with Crippen molar-refractivity contribution >= 4 is 51.6 Å². The lowest BCUT2D eigenvalue weighted by Gasteiger charge is -2.23. The Morgan fingerprint density at radius 2 is 1.78 bits per heavy atom. The molecule has 2 heterocycles. The minimum Gasteiger partial charge on any atom is -0.349 e. The molecule has 1 aliphatic heterocycles. The molecule has 1 atom stereocenters. The summed E-state index contributed by atoms with van der Waals surface area (Å²) < 4.78 is 40.2. The van der Waals surface area contributed by atoms with Crippen LogP contribution in [0.5, 0.6) is 0 Å². The molecule has 3 aromatic carbocycles. The number of aryl methyl sites for hydroxylation is 1. The Labute approximate surface area is 274 Å². The molecule has 0 aliphatic carbocycles. The number of amides is 2. The van der Waals surface area contributed by atoms with Gasteiger partial charge in [0.2, 0.25) is 11.8 Å². The summed E-state index contributed by atoms with van der Waals surface area (Å²) in [6.45, 7) is 7.60. The lowest BCUT2D eigenvalue weighted by molar-refractivity contribution is -0.137. The summed E-state index contributed by atoms with van der Waals surface area (Å²) in [6.07, 6.45) is -2.77. The number of thiocarbonyl (C=S) groups is 1. The molecule has 0 radical (unpaired) electrons. The minimum absolute atomic E-state index is 0.0688. The number of rotatable bonds is 8. The van der Waals surface area contributed by atoms with Gasteiger partial charge in [0.05, 0.1) is 28.7 Å². The monoisotopic (exact) mass is 664 g/mol. The smallest absolute Gasteiger partial charge is 0.349 e. The number of halogens is 3. The highest BCUT2D eigenvalue weighted by atomic mass is 32.2. The number of nitrogens with one attached hydrogen (secondary N) is 1. The van der Waals surface area contributed by atoms with Gasteiger partial charge in [-0.15, -0.1) is 5.10 Å². The van der Waals surface area contributed by atoms with Crippen molar-refractivity contribution in [2.75, 3.05) is 10.7 Å². The van der Waals surface area contributed by atoms with Crippen LogP contribution < -0.4 is 10.2 Å². The third-order valence-electron chi connectivity index (χ3n) is 7.31. The maximum absolute atomic E-state index is 13.0. The van der Waals surface area contributed by atoms with Gasteiger partial charge >= 0.3 is 6.18 Å². The number of hydrogen-bond acceptors (Lipinski definition) is 6. The van der Waals surface area contributed by atoms with Crippen molar-refractivity contribution < 1.29 is 22.8 Å². The molecule has 4 aromatic rings. The van der Waals surface area contributed by atoms with E-state index in [-0.39, 0.29) is 29.9 Å². The molecule has 0 bridgehead atoms. The van der Waals surface area contributed by atoms with E-state index in [0.717, 1.165) is 34.5 Å². The summed E-state index contributed by atoms with van der Waals surface area (Å²) in [5.74, 6) is 0.522. The molecule has 1 aromatic heterocycles. The van der Waals surface area contributed by atoms with E-state index in [1.807, 2.05) is 31.2 Å². The molecule has 0 spiro atoms. The first-order valence-corrected chi connectivity index (χ1v) is 15.8. The van der Waals surface area contributed by atoms with E-state index in [9.17, 15) is 22.8 Å². The van der Waals surface area contributed by atoms with E-state index in [0.29, 0.717) is 27.2 Å². The molecule has 1 unspecified atom stereocenters. The van der Waals surface area contributed by atoms with Gasteiger partial charge in [0.15, 0.2) is 11.0 Å². The summed E-state index contributed by atoms with van der Waals surface area (Å²) in [4.78, 5) is 36.0. The van der Waals surface area contributed by atoms with E-state index < -0.39 is 17.8 Å². The molecule has 5 rings (SSSR count). The average molecular weight is 665 g/mol. The van der Waals surface area contributed by atoms with Crippen LogP contribution in [0.25, 0.3) is 17.1 Å². The first-order valence-electron chi connectivity index (χ1n) is 14.4. The second-order valence-electron chi connectivity index (χ2n) is 11.2. The third kappa shape index (κ3) is 7.53. The van der Waals surface area contributed by atoms with Crippen LogP contribution in [0.3, 0.4) is 0 Å². The molecule has 8 nitrogen and oxygen atoms in total. The maximum Gasteiger partial charge on any atom is 0.416 e. The van der Waals surface area contributed by atoms with Crippen LogP contribution in [-0.2, 0) is 15.8 Å². The van der Waals surface area contributed by atoms with Gasteiger partial charge in [-0.1, -0.05) is 79.8 Å². The van der Waals surface area contributed by atoms with Crippen molar-refractivity contribution in [3.8, 4) is 17.1 Å². The van der Waals surface area contributed by atoms with Crippen molar-refractivity contribution in [2.45, 2.75) is 52.3 Å². The second-order valence-corrected chi connectivity index (χ2v) is 12.6. The fourth-order valence-corrected chi connectivity index (χ4v) is 6.23. The zero-order valence-corrected chi connectivity index (χ0v) is 27.1. The number of alkyl halides is 3. The number of hydrogen-bond donors (Lipinski definition) is 1. The number of amidine groups is 1. The zero-order chi connectivity index (χ0) is 33.2.